The Hall–Kier alpha value is -1.88. The minimum absolute atomic E-state index is 0.160. The van der Waals surface area contributed by atoms with Gasteiger partial charge in [-0.2, -0.15) is 0 Å². The second kappa shape index (κ2) is 5.40. The van der Waals surface area contributed by atoms with Crippen molar-refractivity contribution >= 4 is 17.5 Å². The largest absolute Gasteiger partial charge is 0.361 e. The molecule has 2 aromatic rings. The van der Waals surface area contributed by atoms with E-state index in [0.717, 1.165) is 17.0 Å². The molecular weight excluding hydrogens is 266 g/mol. The number of carbonyl (C=O) groups is 1. The molecule has 0 radical (unpaired) electrons. The first-order valence-electron chi connectivity index (χ1n) is 5.77. The van der Waals surface area contributed by atoms with E-state index in [4.69, 9.17) is 16.1 Å². The fourth-order valence-corrected chi connectivity index (χ4v) is 1.99. The second-order valence-electron chi connectivity index (χ2n) is 4.32. The van der Waals surface area contributed by atoms with Crippen LogP contribution in [0.5, 0.6) is 0 Å². The third-order valence-corrected chi connectivity index (χ3v) is 3.23. The SMILES string of the molecule is Cc1noc(C)c1CN(C)C(=O)c1ccncc1Cl. The number of aromatic nitrogens is 2. The van der Waals surface area contributed by atoms with Crippen molar-refractivity contribution in [3.05, 3.63) is 46.1 Å². The molecule has 0 fully saturated rings. The first-order valence-corrected chi connectivity index (χ1v) is 6.15. The van der Waals surface area contributed by atoms with Gasteiger partial charge in [-0.25, -0.2) is 0 Å². The lowest BCUT2D eigenvalue weighted by Crippen LogP contribution is -2.27. The summed E-state index contributed by atoms with van der Waals surface area (Å²) in [6.07, 6.45) is 3.00. The Kier molecular flexibility index (Phi) is 3.85. The summed E-state index contributed by atoms with van der Waals surface area (Å²) < 4.78 is 5.08. The molecule has 1 amide bonds. The maximum absolute atomic E-state index is 12.3. The van der Waals surface area contributed by atoms with Crippen LogP contribution in [0, 0.1) is 13.8 Å². The van der Waals surface area contributed by atoms with Crippen molar-refractivity contribution < 1.29 is 9.32 Å². The number of aryl methyl sites for hydroxylation is 2. The van der Waals surface area contributed by atoms with E-state index in [1.54, 1.807) is 24.2 Å². The van der Waals surface area contributed by atoms with Crippen LogP contribution >= 0.6 is 11.6 Å². The van der Waals surface area contributed by atoms with E-state index in [-0.39, 0.29) is 5.91 Å². The van der Waals surface area contributed by atoms with Crippen LogP contribution in [0.3, 0.4) is 0 Å². The van der Waals surface area contributed by atoms with Gasteiger partial charge in [0, 0.05) is 25.0 Å². The number of hydrogen-bond donors (Lipinski definition) is 0. The Balaban J connectivity index is 2.19. The molecule has 0 bridgehead atoms. The summed E-state index contributed by atoms with van der Waals surface area (Å²) in [6.45, 7) is 4.11. The minimum Gasteiger partial charge on any atom is -0.361 e. The van der Waals surface area contributed by atoms with Gasteiger partial charge in [0.25, 0.3) is 5.91 Å². The number of amides is 1. The van der Waals surface area contributed by atoms with Gasteiger partial charge in [-0.1, -0.05) is 16.8 Å². The van der Waals surface area contributed by atoms with Crippen molar-refractivity contribution in [3.8, 4) is 0 Å². The van der Waals surface area contributed by atoms with Crippen molar-refractivity contribution in [2.45, 2.75) is 20.4 Å². The number of hydrogen-bond acceptors (Lipinski definition) is 4. The topological polar surface area (TPSA) is 59.2 Å². The Morgan fingerprint density at radius 2 is 2.21 bits per heavy atom. The summed E-state index contributed by atoms with van der Waals surface area (Å²) in [5, 5.41) is 4.22. The second-order valence-corrected chi connectivity index (χ2v) is 4.73. The van der Waals surface area contributed by atoms with E-state index in [1.807, 2.05) is 13.8 Å². The predicted molar refractivity (Wildman–Crippen MR) is 71.0 cm³/mol. The van der Waals surface area contributed by atoms with Gasteiger partial charge in [0.05, 0.1) is 22.8 Å². The van der Waals surface area contributed by atoms with Gasteiger partial charge in [-0.15, -0.1) is 0 Å². The highest BCUT2D eigenvalue weighted by Gasteiger charge is 2.18. The molecule has 2 heterocycles. The maximum atomic E-state index is 12.3. The molecule has 2 aromatic heterocycles. The first-order chi connectivity index (χ1) is 9.00. The highest BCUT2D eigenvalue weighted by atomic mass is 35.5. The Morgan fingerprint density at radius 1 is 1.47 bits per heavy atom. The summed E-state index contributed by atoms with van der Waals surface area (Å²) in [7, 11) is 1.71. The van der Waals surface area contributed by atoms with Crippen molar-refractivity contribution in [2.75, 3.05) is 7.05 Å². The standard InChI is InChI=1S/C13H14ClN3O2/c1-8-11(9(2)19-16-8)7-17(3)13(18)10-4-5-15-6-12(10)14/h4-6H,7H2,1-3H3. The van der Waals surface area contributed by atoms with Crippen LogP contribution < -0.4 is 0 Å². The maximum Gasteiger partial charge on any atom is 0.255 e. The van der Waals surface area contributed by atoms with E-state index in [1.165, 1.54) is 6.20 Å². The van der Waals surface area contributed by atoms with E-state index in [9.17, 15) is 4.79 Å². The normalized spacial score (nSPS) is 10.5. The lowest BCUT2D eigenvalue weighted by atomic mass is 10.1. The molecule has 0 saturated carbocycles. The highest BCUT2D eigenvalue weighted by molar-refractivity contribution is 6.33. The molecule has 0 spiro atoms. The van der Waals surface area contributed by atoms with Crippen LogP contribution in [0.25, 0.3) is 0 Å². The van der Waals surface area contributed by atoms with Gasteiger partial charge in [0.2, 0.25) is 0 Å². The fourth-order valence-electron chi connectivity index (χ4n) is 1.79. The third kappa shape index (κ3) is 2.76. The van der Waals surface area contributed by atoms with Crippen molar-refractivity contribution in [3.63, 3.8) is 0 Å². The smallest absolute Gasteiger partial charge is 0.255 e. The van der Waals surface area contributed by atoms with E-state index in [0.29, 0.717) is 17.1 Å². The number of halogens is 1. The first kappa shape index (κ1) is 13.5. The van der Waals surface area contributed by atoms with E-state index in [2.05, 4.69) is 10.1 Å². The van der Waals surface area contributed by atoms with Crippen LogP contribution in [-0.4, -0.2) is 28.0 Å². The van der Waals surface area contributed by atoms with Gasteiger partial charge in [0.1, 0.15) is 5.76 Å². The Labute approximate surface area is 116 Å². The zero-order chi connectivity index (χ0) is 14.0. The van der Waals surface area contributed by atoms with Gasteiger partial charge in [0.15, 0.2) is 0 Å². The number of carbonyl (C=O) groups excluding carboxylic acids is 1. The Bertz CT molecular complexity index is 590. The summed E-state index contributed by atoms with van der Waals surface area (Å²) in [6, 6.07) is 1.61. The van der Waals surface area contributed by atoms with Gasteiger partial charge in [-0.3, -0.25) is 9.78 Å². The lowest BCUT2D eigenvalue weighted by Gasteiger charge is -2.17. The van der Waals surface area contributed by atoms with Crippen LogP contribution in [0.15, 0.2) is 23.0 Å². The van der Waals surface area contributed by atoms with Crippen LogP contribution in [-0.2, 0) is 6.54 Å². The summed E-state index contributed by atoms with van der Waals surface area (Å²) in [5.74, 6) is 0.561. The fraction of sp³-hybridized carbons (Fsp3) is 0.308. The average molecular weight is 280 g/mol. The zero-order valence-corrected chi connectivity index (χ0v) is 11.7. The monoisotopic (exact) mass is 279 g/mol. The molecular formula is C13H14ClN3O2. The van der Waals surface area contributed by atoms with Gasteiger partial charge >= 0.3 is 0 Å². The van der Waals surface area contributed by atoms with Crippen LogP contribution in [0.2, 0.25) is 5.02 Å². The van der Waals surface area contributed by atoms with E-state index >= 15 is 0 Å². The molecule has 0 saturated heterocycles. The van der Waals surface area contributed by atoms with Crippen molar-refractivity contribution in [2.24, 2.45) is 0 Å². The number of pyridine rings is 1. The molecule has 100 valence electrons. The van der Waals surface area contributed by atoms with Crippen LogP contribution in [0.4, 0.5) is 0 Å². The van der Waals surface area contributed by atoms with Crippen molar-refractivity contribution in [1.82, 2.24) is 15.0 Å². The molecule has 0 N–H and O–H groups in total. The van der Waals surface area contributed by atoms with Crippen LogP contribution in [0.1, 0.15) is 27.4 Å². The molecule has 19 heavy (non-hydrogen) atoms. The predicted octanol–water partition coefficient (Wildman–Crippen LogP) is 2.61. The minimum atomic E-state index is -0.160. The van der Waals surface area contributed by atoms with Gasteiger partial charge < -0.3 is 9.42 Å². The molecule has 0 atom stereocenters. The Morgan fingerprint density at radius 3 is 2.79 bits per heavy atom. The molecule has 2 rings (SSSR count). The summed E-state index contributed by atoms with van der Waals surface area (Å²) >= 11 is 5.97. The highest BCUT2D eigenvalue weighted by Crippen LogP contribution is 2.19. The summed E-state index contributed by atoms with van der Waals surface area (Å²) in [5.41, 5.74) is 2.14. The van der Waals surface area contributed by atoms with Crippen molar-refractivity contribution in [1.29, 1.82) is 0 Å². The van der Waals surface area contributed by atoms with E-state index < -0.39 is 0 Å². The molecule has 0 aliphatic carbocycles. The molecule has 0 aliphatic rings. The third-order valence-electron chi connectivity index (χ3n) is 2.93. The summed E-state index contributed by atoms with van der Waals surface area (Å²) in [4.78, 5) is 17.7. The average Bonchev–Trinajstić information content (AvgIpc) is 2.70. The number of rotatable bonds is 3. The number of nitrogens with zero attached hydrogens (tertiary/aromatic N) is 3. The molecule has 0 aromatic carbocycles. The zero-order valence-electron chi connectivity index (χ0n) is 11.0. The quantitative estimate of drug-likeness (QED) is 0.866. The molecule has 6 heteroatoms. The molecule has 0 aliphatic heterocycles. The lowest BCUT2D eigenvalue weighted by molar-refractivity contribution is 0.0784. The van der Waals surface area contributed by atoms with Gasteiger partial charge in [-0.05, 0) is 19.9 Å². The molecule has 0 unspecified atom stereocenters. The molecule has 5 nitrogen and oxygen atoms in total.